The predicted octanol–water partition coefficient (Wildman–Crippen LogP) is 5.27. The molecule has 3 heterocycles. The van der Waals surface area contributed by atoms with Gasteiger partial charge >= 0.3 is 6.18 Å². The third-order valence-corrected chi connectivity index (χ3v) is 5.54. The molecule has 1 N–H and O–H groups in total. The van der Waals surface area contributed by atoms with Gasteiger partial charge in [0.25, 0.3) is 5.91 Å². The maximum Gasteiger partial charge on any atom is 0.416 e. The van der Waals surface area contributed by atoms with Crippen molar-refractivity contribution >= 4 is 22.5 Å². The molecule has 4 aromatic rings. The first kappa shape index (κ1) is 18.5. The standard InChI is InChI=1S/C22H17F3N4O/c1-13-12-29(17-5-3-16(4-6-17)22(23,24)25)21(30)20-18(8-9-28(13)20)14-2-7-19-15(10-14)11-26-27-19/h2-11,13H,12H2,1H3,(H,26,27)/t13-/m0/s1. The molecule has 0 aliphatic carbocycles. The van der Waals surface area contributed by atoms with Crippen LogP contribution in [-0.4, -0.2) is 27.2 Å². The molecule has 8 heteroatoms. The number of nitrogens with zero attached hydrogens (tertiary/aromatic N) is 3. The van der Waals surface area contributed by atoms with Crippen LogP contribution in [0.15, 0.2) is 60.9 Å². The topological polar surface area (TPSA) is 53.9 Å². The van der Waals surface area contributed by atoms with E-state index in [1.165, 1.54) is 12.1 Å². The smallest absolute Gasteiger partial charge is 0.338 e. The van der Waals surface area contributed by atoms with Crippen molar-refractivity contribution in [2.45, 2.75) is 19.1 Å². The summed E-state index contributed by atoms with van der Waals surface area (Å²) in [6.45, 7) is 2.36. The van der Waals surface area contributed by atoms with Gasteiger partial charge in [-0.1, -0.05) is 6.07 Å². The summed E-state index contributed by atoms with van der Waals surface area (Å²) >= 11 is 0. The molecule has 5 nitrogen and oxygen atoms in total. The highest BCUT2D eigenvalue weighted by atomic mass is 19.4. The molecular weight excluding hydrogens is 393 g/mol. The monoisotopic (exact) mass is 410 g/mol. The van der Waals surface area contributed by atoms with Crippen LogP contribution >= 0.6 is 0 Å². The molecule has 0 spiro atoms. The number of aromatic nitrogens is 3. The van der Waals surface area contributed by atoms with Crippen LogP contribution < -0.4 is 4.90 Å². The number of hydrogen-bond donors (Lipinski definition) is 1. The van der Waals surface area contributed by atoms with Gasteiger partial charge in [0.1, 0.15) is 5.69 Å². The Morgan fingerprint density at radius 3 is 2.60 bits per heavy atom. The van der Waals surface area contributed by atoms with E-state index in [0.717, 1.165) is 34.2 Å². The zero-order valence-corrected chi connectivity index (χ0v) is 15.9. The first-order valence-corrected chi connectivity index (χ1v) is 9.46. The average molecular weight is 410 g/mol. The highest BCUT2D eigenvalue weighted by Crippen LogP contribution is 2.36. The molecule has 2 aromatic heterocycles. The zero-order chi connectivity index (χ0) is 21.0. The molecule has 30 heavy (non-hydrogen) atoms. The normalized spacial score (nSPS) is 16.9. The number of fused-ring (bicyclic) bond motifs is 2. The summed E-state index contributed by atoms with van der Waals surface area (Å²) in [7, 11) is 0. The zero-order valence-electron chi connectivity index (χ0n) is 15.9. The van der Waals surface area contributed by atoms with Gasteiger partial charge in [-0.3, -0.25) is 9.89 Å². The van der Waals surface area contributed by atoms with E-state index in [1.807, 2.05) is 42.0 Å². The molecule has 1 atom stereocenters. The van der Waals surface area contributed by atoms with E-state index in [1.54, 1.807) is 11.1 Å². The molecule has 0 unspecified atom stereocenters. The molecule has 0 bridgehead atoms. The van der Waals surface area contributed by atoms with Crippen LogP contribution in [0.3, 0.4) is 0 Å². The Morgan fingerprint density at radius 1 is 1.10 bits per heavy atom. The second-order valence-electron chi connectivity index (χ2n) is 7.47. The quantitative estimate of drug-likeness (QED) is 0.489. The number of hydrogen-bond acceptors (Lipinski definition) is 2. The highest BCUT2D eigenvalue weighted by molar-refractivity contribution is 6.10. The Morgan fingerprint density at radius 2 is 1.87 bits per heavy atom. The molecule has 0 saturated carbocycles. The van der Waals surface area contributed by atoms with Crippen molar-refractivity contribution in [3.05, 3.63) is 72.2 Å². The molecule has 5 rings (SSSR count). The Balaban J connectivity index is 1.56. The van der Waals surface area contributed by atoms with Crippen LogP contribution in [0.4, 0.5) is 18.9 Å². The van der Waals surface area contributed by atoms with E-state index < -0.39 is 11.7 Å². The minimum Gasteiger partial charge on any atom is -0.338 e. The van der Waals surface area contributed by atoms with Crippen molar-refractivity contribution in [1.29, 1.82) is 0 Å². The maximum absolute atomic E-state index is 13.4. The third-order valence-electron chi connectivity index (χ3n) is 5.54. The Kier molecular flexibility index (Phi) is 3.99. The van der Waals surface area contributed by atoms with Crippen molar-refractivity contribution in [2.24, 2.45) is 0 Å². The summed E-state index contributed by atoms with van der Waals surface area (Å²) in [6, 6.07) is 12.4. The number of carbonyl (C=O) groups excluding carboxylic acids is 1. The van der Waals surface area contributed by atoms with E-state index >= 15 is 0 Å². The van der Waals surface area contributed by atoms with Crippen LogP contribution in [0.5, 0.6) is 0 Å². The van der Waals surface area contributed by atoms with E-state index in [2.05, 4.69) is 10.2 Å². The molecular formula is C22H17F3N4O. The molecule has 0 radical (unpaired) electrons. The lowest BCUT2D eigenvalue weighted by atomic mass is 10.0. The number of anilines is 1. The maximum atomic E-state index is 13.4. The van der Waals surface area contributed by atoms with Crippen molar-refractivity contribution in [3.8, 4) is 11.1 Å². The molecule has 1 aliphatic rings. The number of alkyl halides is 3. The van der Waals surface area contributed by atoms with Gasteiger partial charge in [-0.05, 0) is 55.0 Å². The largest absolute Gasteiger partial charge is 0.416 e. The number of benzene rings is 2. The van der Waals surface area contributed by atoms with Gasteiger partial charge in [0.15, 0.2) is 0 Å². The average Bonchev–Trinajstić information content (AvgIpc) is 3.37. The van der Waals surface area contributed by atoms with Crippen LogP contribution in [0, 0.1) is 0 Å². The minimum atomic E-state index is -4.41. The number of nitrogens with one attached hydrogen (secondary N) is 1. The number of H-pyrrole nitrogens is 1. The number of rotatable bonds is 2. The Hall–Kier alpha value is -3.55. The van der Waals surface area contributed by atoms with Gasteiger partial charge in [-0.25, -0.2) is 0 Å². The van der Waals surface area contributed by atoms with E-state index in [4.69, 9.17) is 0 Å². The molecule has 0 fully saturated rings. The third kappa shape index (κ3) is 2.87. The molecule has 2 aromatic carbocycles. The second-order valence-corrected chi connectivity index (χ2v) is 7.47. The summed E-state index contributed by atoms with van der Waals surface area (Å²) < 4.78 is 40.6. The predicted molar refractivity (Wildman–Crippen MR) is 107 cm³/mol. The van der Waals surface area contributed by atoms with Gasteiger partial charge < -0.3 is 9.47 Å². The van der Waals surface area contributed by atoms with Crippen molar-refractivity contribution in [3.63, 3.8) is 0 Å². The lowest BCUT2D eigenvalue weighted by Crippen LogP contribution is -2.42. The number of carbonyl (C=O) groups is 1. The fourth-order valence-corrected chi connectivity index (χ4v) is 4.00. The van der Waals surface area contributed by atoms with Gasteiger partial charge in [0.2, 0.25) is 0 Å². The molecule has 1 aliphatic heterocycles. The number of aromatic amines is 1. The Labute approximate surface area is 169 Å². The fraction of sp³-hybridized carbons (Fsp3) is 0.182. The lowest BCUT2D eigenvalue weighted by Gasteiger charge is -2.33. The SMILES string of the molecule is C[C@H]1CN(c2ccc(C(F)(F)F)cc2)C(=O)c2c(-c3ccc4[nH]ncc4c3)ccn21. The number of amides is 1. The van der Waals surface area contributed by atoms with Gasteiger partial charge in [0, 0.05) is 35.4 Å². The molecule has 1 amide bonds. The first-order chi connectivity index (χ1) is 14.3. The molecule has 152 valence electrons. The van der Waals surface area contributed by atoms with Gasteiger partial charge in [-0.2, -0.15) is 18.3 Å². The van der Waals surface area contributed by atoms with Crippen LogP contribution in [0.2, 0.25) is 0 Å². The second kappa shape index (κ2) is 6.48. The summed E-state index contributed by atoms with van der Waals surface area (Å²) in [6.07, 6.45) is -0.803. The van der Waals surface area contributed by atoms with Gasteiger partial charge in [0.05, 0.1) is 17.3 Å². The first-order valence-electron chi connectivity index (χ1n) is 9.46. The van der Waals surface area contributed by atoms with Crippen LogP contribution in [0.1, 0.15) is 29.0 Å². The van der Waals surface area contributed by atoms with E-state index in [9.17, 15) is 18.0 Å². The summed E-state index contributed by atoms with van der Waals surface area (Å²) in [5.74, 6) is -0.236. The van der Waals surface area contributed by atoms with Crippen LogP contribution in [0.25, 0.3) is 22.0 Å². The van der Waals surface area contributed by atoms with E-state index in [-0.39, 0.29) is 11.9 Å². The summed E-state index contributed by atoms with van der Waals surface area (Å²) in [4.78, 5) is 14.9. The number of halogens is 3. The summed E-state index contributed by atoms with van der Waals surface area (Å²) in [5.41, 5.74) is 2.80. The van der Waals surface area contributed by atoms with Crippen molar-refractivity contribution in [1.82, 2.24) is 14.8 Å². The van der Waals surface area contributed by atoms with Crippen molar-refractivity contribution < 1.29 is 18.0 Å². The fourth-order valence-electron chi connectivity index (χ4n) is 4.00. The van der Waals surface area contributed by atoms with Gasteiger partial charge in [-0.15, -0.1) is 0 Å². The minimum absolute atomic E-state index is 0.0219. The Bertz CT molecular complexity index is 1250. The van der Waals surface area contributed by atoms with E-state index in [0.29, 0.717) is 17.9 Å². The van der Waals surface area contributed by atoms with Crippen molar-refractivity contribution in [2.75, 3.05) is 11.4 Å². The highest BCUT2D eigenvalue weighted by Gasteiger charge is 2.34. The summed E-state index contributed by atoms with van der Waals surface area (Å²) in [5, 5.41) is 7.87. The molecule has 0 saturated heterocycles. The van der Waals surface area contributed by atoms with Crippen LogP contribution in [-0.2, 0) is 6.18 Å². The lowest BCUT2D eigenvalue weighted by molar-refractivity contribution is -0.137.